The number of rotatable bonds is 7. The van der Waals surface area contributed by atoms with Crippen LogP contribution in [-0.4, -0.2) is 47.4 Å². The Morgan fingerprint density at radius 3 is 2.51 bits per heavy atom. The second-order valence-corrected chi connectivity index (χ2v) is 12.8. The van der Waals surface area contributed by atoms with Gasteiger partial charge < -0.3 is 24.9 Å². The molecule has 3 aromatic rings. The first-order valence-corrected chi connectivity index (χ1v) is 14.3. The van der Waals surface area contributed by atoms with Crippen LogP contribution in [0.2, 0.25) is 0 Å². The van der Waals surface area contributed by atoms with Gasteiger partial charge in [0.25, 0.3) is 6.43 Å². The molecule has 3 heterocycles. The predicted molar refractivity (Wildman–Crippen MR) is 132 cm³/mol. The third-order valence-electron chi connectivity index (χ3n) is 6.44. The number of carbonyl (C=O) groups is 1. The number of imidazole rings is 1. The number of anilines is 3. The van der Waals surface area contributed by atoms with E-state index in [0.29, 0.717) is 35.8 Å². The van der Waals surface area contributed by atoms with Crippen molar-refractivity contribution in [2.75, 3.05) is 37.2 Å². The first kappa shape index (κ1) is 23.9. The highest BCUT2D eigenvalue weighted by atomic mass is 31.2. The van der Waals surface area contributed by atoms with Crippen molar-refractivity contribution < 1.29 is 22.9 Å². The van der Waals surface area contributed by atoms with E-state index in [9.17, 15) is 18.1 Å². The standard InChI is InChI=1S/C24H28F2N5O3P/c1-35(2,33)18-11-15(13-7-9-34-10-8-13)5-6-16(18)27-17-12-19(29-24(32)14-3-4-14)28-22-20(17)30-23(31-22)21(25)26/h5-6,11-14,21H,3-4,7-10H2,1-2H3,(H3,27,28,29,30,31,32). The minimum atomic E-state index is -2.80. The highest BCUT2D eigenvalue weighted by Gasteiger charge is 2.30. The van der Waals surface area contributed by atoms with Crippen LogP contribution in [0.15, 0.2) is 24.3 Å². The van der Waals surface area contributed by atoms with Gasteiger partial charge in [0.15, 0.2) is 11.5 Å². The summed E-state index contributed by atoms with van der Waals surface area (Å²) in [4.78, 5) is 23.2. The molecule has 35 heavy (non-hydrogen) atoms. The molecule has 1 saturated heterocycles. The third-order valence-corrected chi connectivity index (χ3v) is 7.97. The zero-order valence-corrected chi connectivity index (χ0v) is 20.5. The zero-order chi connectivity index (χ0) is 24.7. The van der Waals surface area contributed by atoms with Crippen LogP contribution >= 0.6 is 7.14 Å². The Bertz CT molecular complexity index is 1310. The molecule has 0 atom stereocenters. The minimum absolute atomic E-state index is 0.0438. The molecule has 1 aliphatic carbocycles. The molecule has 5 rings (SSSR count). The van der Waals surface area contributed by atoms with Crippen LogP contribution in [0.1, 0.15) is 49.4 Å². The summed E-state index contributed by atoms with van der Waals surface area (Å²) in [5.41, 5.74) is 2.44. The molecule has 0 spiro atoms. The van der Waals surface area contributed by atoms with E-state index in [2.05, 4.69) is 25.6 Å². The highest BCUT2D eigenvalue weighted by molar-refractivity contribution is 7.70. The lowest BCUT2D eigenvalue weighted by molar-refractivity contribution is -0.117. The maximum atomic E-state index is 13.4. The largest absolute Gasteiger partial charge is 0.381 e. The second-order valence-electron chi connectivity index (χ2n) is 9.58. The molecule has 2 aromatic heterocycles. The van der Waals surface area contributed by atoms with Crippen molar-refractivity contribution in [3.63, 3.8) is 0 Å². The fraction of sp³-hybridized carbons (Fsp3) is 0.458. The number of fused-ring (bicyclic) bond motifs is 1. The molecular weight excluding hydrogens is 475 g/mol. The van der Waals surface area contributed by atoms with E-state index in [-0.39, 0.29) is 28.8 Å². The van der Waals surface area contributed by atoms with Gasteiger partial charge in [-0.15, -0.1) is 0 Å². The average Bonchev–Trinajstić information content (AvgIpc) is 3.58. The number of ether oxygens (including phenoxy) is 1. The van der Waals surface area contributed by atoms with Gasteiger partial charge in [-0.2, -0.15) is 0 Å². The van der Waals surface area contributed by atoms with Crippen LogP contribution in [0.3, 0.4) is 0 Å². The monoisotopic (exact) mass is 503 g/mol. The first-order valence-electron chi connectivity index (χ1n) is 11.7. The van der Waals surface area contributed by atoms with Crippen molar-refractivity contribution >= 4 is 46.7 Å². The van der Waals surface area contributed by atoms with Gasteiger partial charge in [-0.25, -0.2) is 18.7 Å². The van der Waals surface area contributed by atoms with Crippen LogP contribution in [-0.2, 0) is 14.1 Å². The van der Waals surface area contributed by atoms with Gasteiger partial charge in [0, 0.05) is 36.2 Å². The molecule has 0 radical (unpaired) electrons. The van der Waals surface area contributed by atoms with Gasteiger partial charge in [-0.05, 0) is 62.6 Å². The smallest absolute Gasteiger partial charge is 0.295 e. The number of halogens is 2. The quantitative estimate of drug-likeness (QED) is 0.386. The summed E-state index contributed by atoms with van der Waals surface area (Å²) in [6, 6.07) is 7.42. The SMILES string of the molecule is CP(C)(=O)c1cc(C2CCOCC2)ccc1Nc1cc(NC(=O)C2CC2)nc2[nH]c(C(F)F)nc12. The summed E-state index contributed by atoms with van der Waals surface area (Å²) in [6.45, 7) is 4.81. The number of amides is 1. The Morgan fingerprint density at radius 2 is 1.86 bits per heavy atom. The molecule has 0 bridgehead atoms. The molecule has 1 amide bonds. The third kappa shape index (κ3) is 5.23. The van der Waals surface area contributed by atoms with Gasteiger partial charge in [-0.1, -0.05) is 6.07 Å². The fourth-order valence-electron chi connectivity index (χ4n) is 4.37. The van der Waals surface area contributed by atoms with E-state index < -0.39 is 19.4 Å². The Balaban J connectivity index is 1.55. The number of hydrogen-bond acceptors (Lipinski definition) is 6. The number of H-pyrrole nitrogens is 1. The van der Waals surface area contributed by atoms with Crippen molar-refractivity contribution in [2.24, 2.45) is 5.92 Å². The van der Waals surface area contributed by atoms with E-state index in [4.69, 9.17) is 4.74 Å². The van der Waals surface area contributed by atoms with Crippen molar-refractivity contribution in [1.29, 1.82) is 0 Å². The van der Waals surface area contributed by atoms with E-state index >= 15 is 0 Å². The molecule has 0 unspecified atom stereocenters. The molecule has 1 aromatic carbocycles. The second kappa shape index (κ2) is 9.32. The normalized spacial score (nSPS) is 17.2. The molecule has 11 heteroatoms. The number of alkyl halides is 2. The molecule has 1 saturated carbocycles. The van der Waals surface area contributed by atoms with Crippen molar-refractivity contribution in [3.8, 4) is 0 Å². The Labute approximate surface area is 201 Å². The molecule has 3 N–H and O–H groups in total. The maximum Gasteiger partial charge on any atom is 0.295 e. The van der Waals surface area contributed by atoms with Crippen molar-refractivity contribution in [2.45, 2.75) is 38.0 Å². The van der Waals surface area contributed by atoms with Crippen LogP contribution in [0, 0.1) is 5.92 Å². The number of benzene rings is 1. The topological polar surface area (TPSA) is 109 Å². The van der Waals surface area contributed by atoms with E-state index in [0.717, 1.165) is 31.2 Å². The van der Waals surface area contributed by atoms with E-state index in [1.807, 2.05) is 18.2 Å². The van der Waals surface area contributed by atoms with Gasteiger partial charge >= 0.3 is 0 Å². The van der Waals surface area contributed by atoms with Crippen molar-refractivity contribution in [3.05, 3.63) is 35.7 Å². The first-order chi connectivity index (χ1) is 16.7. The predicted octanol–water partition coefficient (Wildman–Crippen LogP) is 5.13. The van der Waals surface area contributed by atoms with Gasteiger partial charge in [0.1, 0.15) is 18.5 Å². The molecular formula is C24H28F2N5O3P. The summed E-state index contributed by atoms with van der Waals surface area (Å²) in [6.07, 6.45) is 0.654. The molecule has 1 aliphatic heterocycles. The number of nitrogens with zero attached hydrogens (tertiary/aromatic N) is 2. The Hall–Kier alpha value is -2.84. The average molecular weight is 503 g/mol. The molecule has 2 fully saturated rings. The summed E-state index contributed by atoms with van der Waals surface area (Å²) >= 11 is 0. The maximum absolute atomic E-state index is 13.4. The number of pyridine rings is 1. The lowest BCUT2D eigenvalue weighted by Gasteiger charge is -2.24. The van der Waals surface area contributed by atoms with Crippen LogP contribution in [0.5, 0.6) is 0 Å². The summed E-state index contributed by atoms with van der Waals surface area (Å²) in [5, 5.41) is 6.68. The minimum Gasteiger partial charge on any atom is -0.381 e. The Morgan fingerprint density at radius 1 is 1.11 bits per heavy atom. The number of nitrogens with one attached hydrogen (secondary N) is 3. The fourth-order valence-corrected chi connectivity index (χ4v) is 5.55. The Kier molecular flexibility index (Phi) is 6.36. The van der Waals surface area contributed by atoms with Gasteiger partial charge in [0.05, 0.1) is 5.69 Å². The zero-order valence-electron chi connectivity index (χ0n) is 19.6. The van der Waals surface area contributed by atoms with E-state index in [1.54, 1.807) is 19.4 Å². The number of aromatic nitrogens is 3. The van der Waals surface area contributed by atoms with Gasteiger partial charge in [-0.3, -0.25) is 4.79 Å². The van der Waals surface area contributed by atoms with Crippen LogP contribution in [0.4, 0.5) is 26.0 Å². The number of carbonyl (C=O) groups excluding carboxylic acids is 1. The van der Waals surface area contributed by atoms with Crippen LogP contribution in [0.25, 0.3) is 11.2 Å². The highest BCUT2D eigenvalue weighted by Crippen LogP contribution is 2.41. The van der Waals surface area contributed by atoms with Crippen molar-refractivity contribution in [1.82, 2.24) is 15.0 Å². The molecule has 186 valence electrons. The molecule has 2 aliphatic rings. The molecule has 8 nitrogen and oxygen atoms in total. The summed E-state index contributed by atoms with van der Waals surface area (Å²) in [5.74, 6) is -0.131. The van der Waals surface area contributed by atoms with Gasteiger partial charge in [0.2, 0.25) is 5.91 Å². The number of aromatic amines is 1. The lowest BCUT2D eigenvalue weighted by atomic mass is 9.91. The summed E-state index contributed by atoms with van der Waals surface area (Å²) in [7, 11) is -2.71. The van der Waals surface area contributed by atoms with E-state index in [1.165, 1.54) is 0 Å². The number of hydrogen-bond donors (Lipinski definition) is 3. The summed E-state index contributed by atoms with van der Waals surface area (Å²) < 4.78 is 45.5. The lowest BCUT2D eigenvalue weighted by Crippen LogP contribution is -2.17. The van der Waals surface area contributed by atoms with Crippen LogP contribution < -0.4 is 15.9 Å².